The van der Waals surface area contributed by atoms with Crippen LogP contribution in [0.15, 0.2) is 22.7 Å². The summed E-state index contributed by atoms with van der Waals surface area (Å²) in [6.45, 7) is 3.74. The van der Waals surface area contributed by atoms with E-state index in [1.165, 1.54) is 5.56 Å². The molecule has 1 atom stereocenters. The smallest absolute Gasteiger partial charge is 0.125 e. The number of rotatable bonds is 6. The summed E-state index contributed by atoms with van der Waals surface area (Å²) in [5.41, 5.74) is 1.19. The third-order valence-electron chi connectivity index (χ3n) is 2.67. The molecule has 0 aromatic heterocycles. The van der Waals surface area contributed by atoms with Crippen molar-refractivity contribution < 1.29 is 4.74 Å². The highest BCUT2D eigenvalue weighted by molar-refractivity contribution is 9.10. The summed E-state index contributed by atoms with van der Waals surface area (Å²) in [5.74, 6) is 0.947. The first kappa shape index (κ1) is 14.5. The maximum atomic E-state index is 5.84. The summed E-state index contributed by atoms with van der Waals surface area (Å²) in [6.07, 6.45) is 0. The zero-order valence-electron chi connectivity index (χ0n) is 11.0. The minimum absolute atomic E-state index is 0.289. The van der Waals surface area contributed by atoms with Crippen molar-refractivity contribution in [2.24, 2.45) is 0 Å². The first-order valence-electron chi connectivity index (χ1n) is 5.79. The second-order valence-electron chi connectivity index (χ2n) is 4.34. The van der Waals surface area contributed by atoms with Gasteiger partial charge in [0.2, 0.25) is 0 Å². The molecule has 0 amide bonds. The molecule has 3 nitrogen and oxygen atoms in total. The Balaban J connectivity index is 2.76. The van der Waals surface area contributed by atoms with Crippen LogP contribution in [0.3, 0.4) is 0 Å². The molecule has 0 bridgehead atoms. The summed E-state index contributed by atoms with van der Waals surface area (Å²) >= 11 is 3.48. The third kappa shape index (κ3) is 4.66. The third-order valence-corrected chi connectivity index (χ3v) is 3.16. The van der Waals surface area contributed by atoms with E-state index in [-0.39, 0.29) is 6.04 Å². The first-order chi connectivity index (χ1) is 8.04. The highest BCUT2D eigenvalue weighted by atomic mass is 79.9. The van der Waals surface area contributed by atoms with E-state index in [0.29, 0.717) is 6.61 Å². The van der Waals surface area contributed by atoms with Crippen LogP contribution in [-0.2, 0) is 0 Å². The number of hydrogen-bond acceptors (Lipinski definition) is 3. The van der Waals surface area contributed by atoms with Gasteiger partial charge in [-0.05, 0) is 40.2 Å². The molecule has 0 aliphatic heterocycles. The van der Waals surface area contributed by atoms with Gasteiger partial charge in [-0.1, -0.05) is 22.0 Å². The SMILES string of the molecule is CNC(C)c1ccc(Br)cc1OCCN(C)C. The van der Waals surface area contributed by atoms with E-state index in [2.05, 4.69) is 39.1 Å². The topological polar surface area (TPSA) is 24.5 Å². The van der Waals surface area contributed by atoms with E-state index < -0.39 is 0 Å². The lowest BCUT2D eigenvalue weighted by molar-refractivity contribution is 0.258. The highest BCUT2D eigenvalue weighted by Gasteiger charge is 2.10. The van der Waals surface area contributed by atoms with Crippen LogP contribution in [0.1, 0.15) is 18.5 Å². The average molecular weight is 301 g/mol. The Bertz CT molecular complexity index is 355. The molecule has 1 rings (SSSR count). The molecule has 0 heterocycles. The number of ether oxygens (including phenoxy) is 1. The summed E-state index contributed by atoms with van der Waals surface area (Å²) in [7, 11) is 6.04. The van der Waals surface area contributed by atoms with Crippen LogP contribution >= 0.6 is 15.9 Å². The van der Waals surface area contributed by atoms with Gasteiger partial charge in [-0.3, -0.25) is 0 Å². The van der Waals surface area contributed by atoms with Crippen molar-refractivity contribution in [2.45, 2.75) is 13.0 Å². The normalized spacial score (nSPS) is 12.8. The second-order valence-corrected chi connectivity index (χ2v) is 5.26. The molecule has 1 aromatic rings. The van der Waals surface area contributed by atoms with Crippen molar-refractivity contribution in [3.8, 4) is 5.75 Å². The molecule has 1 N–H and O–H groups in total. The van der Waals surface area contributed by atoms with Crippen LogP contribution in [0.25, 0.3) is 0 Å². The Hall–Kier alpha value is -0.580. The number of benzene rings is 1. The van der Waals surface area contributed by atoms with Gasteiger partial charge in [0.05, 0.1) is 0 Å². The van der Waals surface area contributed by atoms with Gasteiger partial charge < -0.3 is 15.0 Å². The fraction of sp³-hybridized carbons (Fsp3) is 0.538. The zero-order chi connectivity index (χ0) is 12.8. The van der Waals surface area contributed by atoms with E-state index in [9.17, 15) is 0 Å². The maximum absolute atomic E-state index is 5.84. The average Bonchev–Trinajstić information content (AvgIpc) is 2.28. The zero-order valence-corrected chi connectivity index (χ0v) is 12.5. The van der Waals surface area contributed by atoms with Crippen molar-refractivity contribution in [3.63, 3.8) is 0 Å². The summed E-state index contributed by atoms with van der Waals surface area (Å²) in [6, 6.07) is 6.45. The van der Waals surface area contributed by atoms with Gasteiger partial charge in [0.15, 0.2) is 0 Å². The van der Waals surface area contributed by atoms with Gasteiger partial charge in [-0.2, -0.15) is 0 Å². The Labute approximate surface area is 112 Å². The molecule has 0 saturated carbocycles. The minimum atomic E-state index is 0.289. The van der Waals surface area contributed by atoms with Crippen LogP contribution < -0.4 is 10.1 Å². The van der Waals surface area contributed by atoms with Gasteiger partial charge in [-0.15, -0.1) is 0 Å². The molecule has 0 aliphatic carbocycles. The molecule has 0 spiro atoms. The van der Waals surface area contributed by atoms with Crippen molar-refractivity contribution >= 4 is 15.9 Å². The van der Waals surface area contributed by atoms with Crippen LogP contribution in [0, 0.1) is 0 Å². The number of likely N-dealkylation sites (N-methyl/N-ethyl adjacent to an activating group) is 1. The first-order valence-corrected chi connectivity index (χ1v) is 6.58. The van der Waals surface area contributed by atoms with Crippen LogP contribution in [0.2, 0.25) is 0 Å². The fourth-order valence-corrected chi connectivity index (χ4v) is 1.82. The Morgan fingerprint density at radius 1 is 1.41 bits per heavy atom. The minimum Gasteiger partial charge on any atom is -0.492 e. The number of nitrogens with one attached hydrogen (secondary N) is 1. The van der Waals surface area contributed by atoms with E-state index in [1.54, 1.807) is 0 Å². The van der Waals surface area contributed by atoms with E-state index in [4.69, 9.17) is 4.74 Å². The van der Waals surface area contributed by atoms with Gasteiger partial charge >= 0.3 is 0 Å². The van der Waals surface area contributed by atoms with Crippen molar-refractivity contribution in [1.82, 2.24) is 10.2 Å². The van der Waals surface area contributed by atoms with Crippen LogP contribution in [0.4, 0.5) is 0 Å². The predicted molar refractivity (Wildman–Crippen MR) is 75.7 cm³/mol. The Kier molecular flexibility index (Phi) is 5.95. The van der Waals surface area contributed by atoms with Crippen molar-refractivity contribution in [1.29, 1.82) is 0 Å². The molecule has 1 aromatic carbocycles. The molecule has 1 unspecified atom stereocenters. The number of hydrogen-bond donors (Lipinski definition) is 1. The van der Waals surface area contributed by atoms with Gasteiger partial charge in [0, 0.05) is 22.6 Å². The van der Waals surface area contributed by atoms with Crippen molar-refractivity contribution in [2.75, 3.05) is 34.3 Å². The monoisotopic (exact) mass is 300 g/mol. The summed E-state index contributed by atoms with van der Waals surface area (Å²) in [5, 5.41) is 3.23. The lowest BCUT2D eigenvalue weighted by atomic mass is 10.1. The quantitative estimate of drug-likeness (QED) is 0.874. The fourth-order valence-electron chi connectivity index (χ4n) is 1.48. The van der Waals surface area contributed by atoms with E-state index in [1.807, 2.05) is 33.3 Å². The van der Waals surface area contributed by atoms with E-state index >= 15 is 0 Å². The van der Waals surface area contributed by atoms with Gasteiger partial charge in [0.25, 0.3) is 0 Å². The van der Waals surface area contributed by atoms with Crippen LogP contribution in [-0.4, -0.2) is 39.2 Å². The number of halogens is 1. The van der Waals surface area contributed by atoms with Gasteiger partial charge in [0.1, 0.15) is 12.4 Å². The molecule has 4 heteroatoms. The molecule has 17 heavy (non-hydrogen) atoms. The van der Waals surface area contributed by atoms with Crippen molar-refractivity contribution in [3.05, 3.63) is 28.2 Å². The lowest BCUT2D eigenvalue weighted by Gasteiger charge is -2.18. The molecule has 96 valence electrons. The second kappa shape index (κ2) is 6.99. The molecule has 0 saturated heterocycles. The van der Waals surface area contributed by atoms with Gasteiger partial charge in [-0.25, -0.2) is 0 Å². The molecule has 0 radical (unpaired) electrons. The Morgan fingerprint density at radius 2 is 2.12 bits per heavy atom. The summed E-state index contributed by atoms with van der Waals surface area (Å²) in [4.78, 5) is 2.11. The Morgan fingerprint density at radius 3 is 2.71 bits per heavy atom. The molecular weight excluding hydrogens is 280 g/mol. The lowest BCUT2D eigenvalue weighted by Crippen LogP contribution is -2.20. The van der Waals surface area contributed by atoms with Crippen LogP contribution in [0.5, 0.6) is 5.75 Å². The summed E-state index contributed by atoms with van der Waals surface area (Å²) < 4.78 is 6.89. The van der Waals surface area contributed by atoms with E-state index in [0.717, 1.165) is 16.8 Å². The molecule has 0 aliphatic rings. The predicted octanol–water partition coefficient (Wildman–Crippen LogP) is 2.67. The number of nitrogens with zero attached hydrogens (tertiary/aromatic N) is 1. The standard InChI is InChI=1S/C13H21BrN2O/c1-10(15-2)12-6-5-11(14)9-13(12)17-8-7-16(3)4/h5-6,9-10,15H,7-8H2,1-4H3. The molecule has 0 fully saturated rings. The molecular formula is C13H21BrN2O. The largest absolute Gasteiger partial charge is 0.492 e. The maximum Gasteiger partial charge on any atom is 0.125 e. The highest BCUT2D eigenvalue weighted by Crippen LogP contribution is 2.28.